The van der Waals surface area contributed by atoms with Gasteiger partial charge in [0.05, 0.1) is 24.1 Å². The summed E-state index contributed by atoms with van der Waals surface area (Å²) < 4.78 is 3.32. The molecule has 1 N–H and O–H groups in total. The standard InChI is InChI=1S/C16H16ClN5O/c1-11-7-15(21(2)20-11)16(23)19-14-8-18-22(10-14)9-12-3-5-13(17)6-4-12/h3-8,10H,9H2,1-2H3,(H,19,23). The zero-order valence-electron chi connectivity index (χ0n) is 12.8. The van der Waals surface area contributed by atoms with E-state index in [1.165, 1.54) is 0 Å². The molecule has 7 heteroatoms. The van der Waals surface area contributed by atoms with E-state index in [2.05, 4.69) is 15.5 Å². The van der Waals surface area contributed by atoms with Crippen molar-refractivity contribution >= 4 is 23.2 Å². The van der Waals surface area contributed by atoms with Crippen LogP contribution in [0.4, 0.5) is 5.69 Å². The quantitative estimate of drug-likeness (QED) is 0.800. The highest BCUT2D eigenvalue weighted by molar-refractivity contribution is 6.30. The number of nitrogens with zero attached hydrogens (tertiary/aromatic N) is 4. The maximum absolute atomic E-state index is 12.2. The van der Waals surface area contributed by atoms with E-state index < -0.39 is 0 Å². The normalized spacial score (nSPS) is 10.7. The second kappa shape index (κ2) is 6.26. The van der Waals surface area contributed by atoms with E-state index in [4.69, 9.17) is 11.6 Å². The molecule has 0 spiro atoms. The first-order chi connectivity index (χ1) is 11.0. The lowest BCUT2D eigenvalue weighted by Crippen LogP contribution is -2.15. The summed E-state index contributed by atoms with van der Waals surface area (Å²) in [4.78, 5) is 12.2. The Morgan fingerprint density at radius 2 is 2.04 bits per heavy atom. The molecule has 0 saturated carbocycles. The van der Waals surface area contributed by atoms with Gasteiger partial charge in [-0.3, -0.25) is 14.2 Å². The number of benzene rings is 1. The number of aryl methyl sites for hydroxylation is 2. The molecule has 2 aromatic heterocycles. The van der Waals surface area contributed by atoms with Gasteiger partial charge in [0.15, 0.2) is 0 Å². The average Bonchev–Trinajstić information content (AvgIpc) is 3.07. The van der Waals surface area contributed by atoms with Crippen LogP contribution in [0, 0.1) is 6.92 Å². The number of hydrogen-bond acceptors (Lipinski definition) is 3. The number of anilines is 1. The van der Waals surface area contributed by atoms with Crippen molar-refractivity contribution in [1.82, 2.24) is 19.6 Å². The molecular weight excluding hydrogens is 314 g/mol. The van der Waals surface area contributed by atoms with Gasteiger partial charge in [-0.25, -0.2) is 0 Å². The molecule has 3 rings (SSSR count). The molecule has 3 aromatic rings. The van der Waals surface area contributed by atoms with Crippen LogP contribution in [0.2, 0.25) is 5.02 Å². The van der Waals surface area contributed by atoms with E-state index in [9.17, 15) is 4.79 Å². The molecule has 23 heavy (non-hydrogen) atoms. The predicted octanol–water partition coefficient (Wildman–Crippen LogP) is 2.88. The number of hydrogen-bond donors (Lipinski definition) is 1. The fraction of sp³-hybridized carbons (Fsp3) is 0.188. The molecule has 6 nitrogen and oxygen atoms in total. The lowest BCUT2D eigenvalue weighted by atomic mass is 10.2. The molecule has 0 fully saturated rings. The van der Waals surface area contributed by atoms with Crippen LogP contribution in [-0.2, 0) is 13.6 Å². The SMILES string of the molecule is Cc1cc(C(=O)Nc2cnn(Cc3ccc(Cl)cc3)c2)n(C)n1. The minimum atomic E-state index is -0.209. The molecule has 0 aliphatic carbocycles. The molecule has 0 aliphatic rings. The second-order valence-corrected chi connectivity index (χ2v) is 5.74. The van der Waals surface area contributed by atoms with Crippen LogP contribution in [0.5, 0.6) is 0 Å². The number of amides is 1. The fourth-order valence-electron chi connectivity index (χ4n) is 2.31. The Morgan fingerprint density at radius 1 is 1.30 bits per heavy atom. The highest BCUT2D eigenvalue weighted by atomic mass is 35.5. The van der Waals surface area contributed by atoms with Crippen LogP contribution in [0.15, 0.2) is 42.7 Å². The number of halogens is 1. The van der Waals surface area contributed by atoms with Gasteiger partial charge in [-0.2, -0.15) is 10.2 Å². The topological polar surface area (TPSA) is 64.7 Å². The summed E-state index contributed by atoms with van der Waals surface area (Å²) in [5, 5.41) is 11.9. The highest BCUT2D eigenvalue weighted by Gasteiger charge is 2.12. The Hall–Kier alpha value is -2.60. The Bertz CT molecular complexity index is 835. The molecular formula is C16H16ClN5O. The van der Waals surface area contributed by atoms with Crippen molar-refractivity contribution in [2.24, 2.45) is 7.05 Å². The second-order valence-electron chi connectivity index (χ2n) is 5.30. The van der Waals surface area contributed by atoms with Gasteiger partial charge in [0.25, 0.3) is 5.91 Å². The minimum absolute atomic E-state index is 0.209. The molecule has 118 valence electrons. The molecule has 1 amide bonds. The lowest BCUT2D eigenvalue weighted by Gasteiger charge is -2.03. The minimum Gasteiger partial charge on any atom is -0.318 e. The molecule has 2 heterocycles. The van der Waals surface area contributed by atoms with Gasteiger partial charge < -0.3 is 5.32 Å². The molecule has 0 saturated heterocycles. The Morgan fingerprint density at radius 3 is 2.70 bits per heavy atom. The maximum atomic E-state index is 12.2. The van der Waals surface area contributed by atoms with Gasteiger partial charge in [0.1, 0.15) is 5.69 Å². The number of carbonyl (C=O) groups is 1. The van der Waals surface area contributed by atoms with Gasteiger partial charge >= 0.3 is 0 Å². The van der Waals surface area contributed by atoms with E-state index in [0.717, 1.165) is 11.3 Å². The molecule has 0 aliphatic heterocycles. The van der Waals surface area contributed by atoms with Crippen molar-refractivity contribution in [2.75, 3.05) is 5.32 Å². The molecule has 0 unspecified atom stereocenters. The number of carbonyl (C=O) groups excluding carboxylic acids is 1. The molecule has 0 bridgehead atoms. The summed E-state index contributed by atoms with van der Waals surface area (Å²) in [7, 11) is 1.74. The monoisotopic (exact) mass is 329 g/mol. The van der Waals surface area contributed by atoms with Crippen molar-refractivity contribution in [1.29, 1.82) is 0 Å². The predicted molar refractivity (Wildman–Crippen MR) is 88.7 cm³/mol. The molecule has 0 radical (unpaired) electrons. The fourth-order valence-corrected chi connectivity index (χ4v) is 2.44. The van der Waals surface area contributed by atoms with Crippen molar-refractivity contribution in [3.05, 3.63) is 64.7 Å². The van der Waals surface area contributed by atoms with Crippen LogP contribution in [0.25, 0.3) is 0 Å². The lowest BCUT2D eigenvalue weighted by molar-refractivity contribution is 0.101. The van der Waals surface area contributed by atoms with E-state index in [-0.39, 0.29) is 5.91 Å². The molecule has 1 aromatic carbocycles. The van der Waals surface area contributed by atoms with Gasteiger partial charge in [-0.05, 0) is 30.7 Å². The third-order valence-electron chi connectivity index (χ3n) is 3.38. The van der Waals surface area contributed by atoms with Crippen molar-refractivity contribution in [3.8, 4) is 0 Å². The smallest absolute Gasteiger partial charge is 0.274 e. The van der Waals surface area contributed by atoms with Gasteiger partial charge in [0.2, 0.25) is 0 Å². The van der Waals surface area contributed by atoms with Gasteiger partial charge in [-0.1, -0.05) is 23.7 Å². The van der Waals surface area contributed by atoms with E-state index >= 15 is 0 Å². The van der Waals surface area contributed by atoms with Crippen LogP contribution in [0.3, 0.4) is 0 Å². The van der Waals surface area contributed by atoms with Crippen molar-refractivity contribution in [3.63, 3.8) is 0 Å². The Kier molecular flexibility index (Phi) is 4.16. The zero-order chi connectivity index (χ0) is 16.4. The summed E-state index contributed by atoms with van der Waals surface area (Å²) in [6.45, 7) is 2.46. The van der Waals surface area contributed by atoms with Crippen molar-refractivity contribution < 1.29 is 4.79 Å². The Labute approximate surface area is 138 Å². The van der Waals surface area contributed by atoms with Gasteiger partial charge in [0, 0.05) is 18.3 Å². The van der Waals surface area contributed by atoms with Gasteiger partial charge in [-0.15, -0.1) is 0 Å². The van der Waals surface area contributed by atoms with Crippen LogP contribution >= 0.6 is 11.6 Å². The van der Waals surface area contributed by atoms with Crippen LogP contribution < -0.4 is 5.32 Å². The first-order valence-electron chi connectivity index (χ1n) is 7.10. The third-order valence-corrected chi connectivity index (χ3v) is 3.64. The van der Waals surface area contributed by atoms with Crippen LogP contribution in [-0.4, -0.2) is 25.5 Å². The number of rotatable bonds is 4. The van der Waals surface area contributed by atoms with Crippen molar-refractivity contribution in [2.45, 2.75) is 13.5 Å². The average molecular weight is 330 g/mol. The maximum Gasteiger partial charge on any atom is 0.274 e. The molecule has 0 atom stereocenters. The van der Waals surface area contributed by atoms with E-state index in [1.807, 2.05) is 31.2 Å². The largest absolute Gasteiger partial charge is 0.318 e. The van der Waals surface area contributed by atoms with Crippen LogP contribution in [0.1, 0.15) is 21.7 Å². The summed E-state index contributed by atoms with van der Waals surface area (Å²) in [6, 6.07) is 9.32. The zero-order valence-corrected chi connectivity index (χ0v) is 13.6. The van der Waals surface area contributed by atoms with E-state index in [1.54, 1.807) is 34.9 Å². The third kappa shape index (κ3) is 3.60. The number of nitrogens with one attached hydrogen (secondary N) is 1. The first kappa shape index (κ1) is 15.3. The highest BCUT2D eigenvalue weighted by Crippen LogP contribution is 2.13. The first-order valence-corrected chi connectivity index (χ1v) is 7.48. The summed E-state index contributed by atoms with van der Waals surface area (Å²) in [5.74, 6) is -0.209. The number of aromatic nitrogens is 4. The summed E-state index contributed by atoms with van der Waals surface area (Å²) in [5.41, 5.74) is 3.03. The summed E-state index contributed by atoms with van der Waals surface area (Å²) in [6.07, 6.45) is 3.41. The van der Waals surface area contributed by atoms with E-state index in [0.29, 0.717) is 22.9 Å². The Balaban J connectivity index is 1.68. The summed E-state index contributed by atoms with van der Waals surface area (Å²) >= 11 is 5.87.